The predicted octanol–water partition coefficient (Wildman–Crippen LogP) is 2.46. The molecule has 0 amide bonds. The Bertz CT molecular complexity index is 280. The van der Waals surface area contributed by atoms with E-state index >= 15 is 0 Å². The minimum atomic E-state index is 0.439. The number of nitrogens with two attached hydrogens (primary N) is 1. The van der Waals surface area contributed by atoms with Gasteiger partial charge in [-0.25, -0.2) is 0 Å². The molecule has 1 heterocycles. The smallest absolute Gasteiger partial charge is 0.0198 e. The molecule has 20 heavy (non-hydrogen) atoms. The Morgan fingerprint density at radius 3 is 2.45 bits per heavy atom. The first-order valence-electron chi connectivity index (χ1n) is 8.62. The molecule has 1 aliphatic carbocycles. The van der Waals surface area contributed by atoms with Gasteiger partial charge in [0.05, 0.1) is 0 Å². The molecule has 0 bridgehead atoms. The molecule has 2 unspecified atom stereocenters. The maximum absolute atomic E-state index is 5.77. The van der Waals surface area contributed by atoms with Gasteiger partial charge in [-0.1, -0.05) is 27.2 Å². The van der Waals surface area contributed by atoms with Crippen LogP contribution in [0.1, 0.15) is 52.9 Å². The highest BCUT2D eigenvalue weighted by molar-refractivity contribution is 4.86. The third-order valence-corrected chi connectivity index (χ3v) is 4.88. The first kappa shape index (κ1) is 16.3. The quantitative estimate of drug-likeness (QED) is 0.786. The van der Waals surface area contributed by atoms with E-state index in [1.165, 1.54) is 51.7 Å². The Balaban J connectivity index is 1.82. The van der Waals surface area contributed by atoms with Crippen molar-refractivity contribution in [3.8, 4) is 0 Å². The van der Waals surface area contributed by atoms with E-state index in [1.54, 1.807) is 0 Å². The molecule has 2 fully saturated rings. The maximum atomic E-state index is 5.77. The van der Waals surface area contributed by atoms with Gasteiger partial charge in [-0.2, -0.15) is 0 Å². The average Bonchev–Trinajstić information content (AvgIpc) is 2.24. The van der Waals surface area contributed by atoms with Crippen LogP contribution in [0.4, 0.5) is 0 Å². The Morgan fingerprint density at radius 1 is 1.15 bits per heavy atom. The van der Waals surface area contributed by atoms with Gasteiger partial charge in [0.25, 0.3) is 0 Å². The van der Waals surface area contributed by atoms with E-state index in [9.17, 15) is 0 Å². The van der Waals surface area contributed by atoms with Gasteiger partial charge in [0.2, 0.25) is 0 Å². The van der Waals surface area contributed by atoms with E-state index in [0.717, 1.165) is 24.9 Å². The van der Waals surface area contributed by atoms with Crippen molar-refractivity contribution in [1.29, 1.82) is 0 Å². The lowest BCUT2D eigenvalue weighted by Crippen LogP contribution is -2.52. The molecular formula is C17H35N3. The van der Waals surface area contributed by atoms with E-state index < -0.39 is 0 Å². The van der Waals surface area contributed by atoms with Crippen molar-refractivity contribution in [1.82, 2.24) is 10.2 Å². The van der Waals surface area contributed by atoms with Crippen molar-refractivity contribution in [2.45, 2.75) is 58.9 Å². The summed E-state index contributed by atoms with van der Waals surface area (Å²) in [5.41, 5.74) is 6.21. The van der Waals surface area contributed by atoms with Crippen molar-refractivity contribution in [2.75, 3.05) is 32.7 Å². The fourth-order valence-electron chi connectivity index (χ4n) is 3.86. The zero-order valence-electron chi connectivity index (χ0n) is 13.8. The van der Waals surface area contributed by atoms with Crippen molar-refractivity contribution in [3.05, 3.63) is 0 Å². The highest BCUT2D eigenvalue weighted by Gasteiger charge is 2.30. The van der Waals surface area contributed by atoms with Crippen LogP contribution in [0.25, 0.3) is 0 Å². The molecule has 0 radical (unpaired) electrons. The Labute approximate surface area is 125 Å². The fraction of sp³-hybridized carbons (Fsp3) is 1.00. The summed E-state index contributed by atoms with van der Waals surface area (Å²) in [5, 5.41) is 3.85. The molecule has 1 aliphatic heterocycles. The van der Waals surface area contributed by atoms with Crippen molar-refractivity contribution >= 4 is 0 Å². The topological polar surface area (TPSA) is 41.3 Å². The lowest BCUT2D eigenvalue weighted by atomic mass is 9.79. The first-order valence-corrected chi connectivity index (χ1v) is 8.62. The fourth-order valence-corrected chi connectivity index (χ4v) is 3.86. The third kappa shape index (κ3) is 5.34. The van der Waals surface area contributed by atoms with E-state index in [2.05, 4.69) is 31.0 Å². The molecule has 0 spiro atoms. The summed E-state index contributed by atoms with van der Waals surface area (Å²) in [6.07, 6.45) is 7.01. The van der Waals surface area contributed by atoms with E-state index in [-0.39, 0.29) is 0 Å². The standard InChI is InChI=1S/C17H35N3/c1-17(2,3)10-15-9-16(13-20(12-15)8-7-18)19-11-14-5-4-6-14/h14-16,19H,4-13,18H2,1-3H3. The molecular weight excluding hydrogens is 246 g/mol. The predicted molar refractivity (Wildman–Crippen MR) is 86.8 cm³/mol. The maximum Gasteiger partial charge on any atom is 0.0198 e. The summed E-state index contributed by atoms with van der Waals surface area (Å²) in [6, 6.07) is 0.684. The van der Waals surface area contributed by atoms with Crippen molar-refractivity contribution in [2.24, 2.45) is 23.0 Å². The second-order valence-corrected chi connectivity index (χ2v) is 8.32. The van der Waals surface area contributed by atoms with Gasteiger partial charge < -0.3 is 16.0 Å². The number of nitrogens with one attached hydrogen (secondary N) is 1. The monoisotopic (exact) mass is 281 g/mol. The Kier molecular flexibility index (Phi) is 5.88. The number of piperidine rings is 1. The van der Waals surface area contributed by atoms with Crippen LogP contribution in [0.2, 0.25) is 0 Å². The normalized spacial score (nSPS) is 29.4. The molecule has 2 atom stereocenters. The molecule has 0 aromatic carbocycles. The molecule has 118 valence electrons. The number of hydrogen-bond acceptors (Lipinski definition) is 3. The number of rotatable bonds is 6. The lowest BCUT2D eigenvalue weighted by molar-refractivity contribution is 0.112. The minimum Gasteiger partial charge on any atom is -0.329 e. The van der Waals surface area contributed by atoms with Crippen LogP contribution < -0.4 is 11.1 Å². The molecule has 2 aliphatic rings. The van der Waals surface area contributed by atoms with Crippen LogP contribution in [0.5, 0.6) is 0 Å². The van der Waals surface area contributed by atoms with Crippen LogP contribution in [-0.4, -0.2) is 43.7 Å². The van der Waals surface area contributed by atoms with Crippen LogP contribution in [0.15, 0.2) is 0 Å². The van der Waals surface area contributed by atoms with Gasteiger partial charge in [0.15, 0.2) is 0 Å². The molecule has 0 aromatic rings. The van der Waals surface area contributed by atoms with Crippen LogP contribution in [-0.2, 0) is 0 Å². The summed E-state index contributed by atoms with van der Waals surface area (Å²) < 4.78 is 0. The molecule has 3 heteroatoms. The average molecular weight is 281 g/mol. The zero-order chi connectivity index (χ0) is 14.6. The molecule has 0 aromatic heterocycles. The molecule has 1 saturated carbocycles. The van der Waals surface area contributed by atoms with Gasteiger partial charge in [0, 0.05) is 32.2 Å². The van der Waals surface area contributed by atoms with Gasteiger partial charge >= 0.3 is 0 Å². The number of hydrogen-bond donors (Lipinski definition) is 2. The summed E-state index contributed by atoms with van der Waals surface area (Å²) in [4.78, 5) is 2.58. The summed E-state index contributed by atoms with van der Waals surface area (Å²) in [6.45, 7) is 12.6. The summed E-state index contributed by atoms with van der Waals surface area (Å²) in [5.74, 6) is 1.79. The van der Waals surface area contributed by atoms with E-state index in [1.807, 2.05) is 0 Å². The van der Waals surface area contributed by atoms with E-state index in [4.69, 9.17) is 5.73 Å². The van der Waals surface area contributed by atoms with Crippen LogP contribution >= 0.6 is 0 Å². The van der Waals surface area contributed by atoms with Crippen molar-refractivity contribution < 1.29 is 0 Å². The van der Waals surface area contributed by atoms with Gasteiger partial charge in [-0.05, 0) is 49.5 Å². The largest absolute Gasteiger partial charge is 0.329 e. The van der Waals surface area contributed by atoms with Crippen LogP contribution in [0.3, 0.4) is 0 Å². The Hall–Kier alpha value is -0.120. The lowest BCUT2D eigenvalue weighted by Gasteiger charge is -2.41. The summed E-state index contributed by atoms with van der Waals surface area (Å²) in [7, 11) is 0. The number of nitrogens with zero attached hydrogens (tertiary/aromatic N) is 1. The van der Waals surface area contributed by atoms with Gasteiger partial charge in [0.1, 0.15) is 0 Å². The van der Waals surface area contributed by atoms with E-state index in [0.29, 0.717) is 11.5 Å². The number of likely N-dealkylation sites (tertiary alicyclic amines) is 1. The van der Waals surface area contributed by atoms with Crippen LogP contribution in [0, 0.1) is 17.3 Å². The van der Waals surface area contributed by atoms with Gasteiger partial charge in [-0.15, -0.1) is 0 Å². The third-order valence-electron chi connectivity index (χ3n) is 4.88. The minimum absolute atomic E-state index is 0.439. The first-order chi connectivity index (χ1) is 9.46. The highest BCUT2D eigenvalue weighted by atomic mass is 15.2. The zero-order valence-corrected chi connectivity index (χ0v) is 13.8. The molecule has 1 saturated heterocycles. The molecule has 2 rings (SSSR count). The second kappa shape index (κ2) is 7.24. The molecule has 3 N–H and O–H groups in total. The highest BCUT2D eigenvalue weighted by Crippen LogP contribution is 2.31. The Morgan fingerprint density at radius 2 is 1.90 bits per heavy atom. The van der Waals surface area contributed by atoms with Gasteiger partial charge in [-0.3, -0.25) is 0 Å². The molecule has 3 nitrogen and oxygen atoms in total. The SMILES string of the molecule is CC(C)(C)CC1CC(NCC2CCC2)CN(CCN)C1. The second-order valence-electron chi connectivity index (χ2n) is 8.32. The van der Waals surface area contributed by atoms with Crippen molar-refractivity contribution in [3.63, 3.8) is 0 Å². The summed E-state index contributed by atoms with van der Waals surface area (Å²) >= 11 is 0.